The predicted molar refractivity (Wildman–Crippen MR) is 169 cm³/mol. The third-order valence-corrected chi connectivity index (χ3v) is 7.62. The highest BCUT2D eigenvalue weighted by atomic mass is 16.3. The Hall–Kier alpha value is -4.38. The smallest absolute Gasteiger partial charge is 0.296 e. The topological polar surface area (TPSA) is 93.7 Å². The number of nitrogens with zero attached hydrogens (tertiary/aromatic N) is 1. The molecule has 216 valence electrons. The van der Waals surface area contributed by atoms with Crippen LogP contribution in [0.15, 0.2) is 60.7 Å². The van der Waals surface area contributed by atoms with E-state index in [1.807, 2.05) is 12.1 Å². The van der Waals surface area contributed by atoms with E-state index in [4.69, 9.17) is 5.11 Å². The minimum absolute atomic E-state index is 0.158. The lowest BCUT2D eigenvalue weighted by Gasteiger charge is -2.20. The number of nitrogens with one attached hydrogen (secondary N) is 3. The monoisotopic (exact) mass is 562 g/mol. The maximum absolute atomic E-state index is 13.6. The molecule has 3 aromatic rings. The second-order valence-corrected chi connectivity index (χ2v) is 11.3. The molecule has 2 amide bonds. The van der Waals surface area contributed by atoms with Crippen molar-refractivity contribution < 1.29 is 14.7 Å². The minimum Gasteiger partial charge on any atom is -0.394 e. The molecule has 0 fully saturated rings. The van der Waals surface area contributed by atoms with Crippen LogP contribution in [0.4, 0.5) is 11.4 Å². The first-order valence-electron chi connectivity index (χ1n) is 14.6. The molecule has 7 nitrogen and oxygen atoms in total. The molecule has 42 heavy (non-hydrogen) atoms. The van der Waals surface area contributed by atoms with E-state index in [2.05, 4.69) is 89.3 Å². The highest BCUT2D eigenvalue weighted by molar-refractivity contribution is 6.37. The SMILES string of the molecule is C[C@H](CO)NC(=O)C#Cc1ccc2c(c1)NC(=O)/C2=C(\Nc1ccc(CN(C)C)cc1)c1cccc2c1CCCCC2. The number of hydrogen-bond acceptors (Lipinski definition) is 5. The summed E-state index contributed by atoms with van der Waals surface area (Å²) in [5.74, 6) is 4.79. The molecule has 0 unspecified atom stereocenters. The summed E-state index contributed by atoms with van der Waals surface area (Å²) >= 11 is 0. The van der Waals surface area contributed by atoms with Gasteiger partial charge in [-0.15, -0.1) is 0 Å². The highest BCUT2D eigenvalue weighted by Gasteiger charge is 2.30. The number of anilines is 2. The second kappa shape index (κ2) is 13.1. The van der Waals surface area contributed by atoms with E-state index in [0.717, 1.165) is 48.3 Å². The zero-order valence-electron chi connectivity index (χ0n) is 24.5. The lowest BCUT2D eigenvalue weighted by molar-refractivity contribution is -0.116. The van der Waals surface area contributed by atoms with E-state index < -0.39 is 5.91 Å². The van der Waals surface area contributed by atoms with Crippen molar-refractivity contribution in [2.45, 2.75) is 51.6 Å². The third kappa shape index (κ3) is 6.73. The maximum Gasteiger partial charge on any atom is 0.296 e. The Kier molecular flexibility index (Phi) is 9.06. The predicted octanol–water partition coefficient (Wildman–Crippen LogP) is 4.80. The van der Waals surface area contributed by atoms with Gasteiger partial charge in [0.15, 0.2) is 0 Å². The molecule has 7 heteroatoms. The van der Waals surface area contributed by atoms with Crippen molar-refractivity contribution in [2.75, 3.05) is 31.3 Å². The molecule has 3 aromatic carbocycles. The Balaban J connectivity index is 1.57. The van der Waals surface area contributed by atoms with Gasteiger partial charge in [0.1, 0.15) is 0 Å². The third-order valence-electron chi connectivity index (χ3n) is 7.62. The molecule has 4 N–H and O–H groups in total. The van der Waals surface area contributed by atoms with E-state index in [1.165, 1.54) is 29.5 Å². The standard InChI is InChI=1S/C35H38N4O3/c1-23(22-40)36-32(41)19-15-24-14-18-30-31(20-24)38-35(42)33(30)34(37-27-16-12-25(13-17-27)21-39(2)3)29-11-7-9-26-8-5-4-6-10-28(26)29/h7,9,11-14,16-18,20,23,37,40H,4-6,8,10,21-22H2,1-3H3,(H,36,41)(H,38,42)/b34-33-/t23-/m1/s1. The van der Waals surface area contributed by atoms with Gasteiger partial charge in [0.05, 0.1) is 29.6 Å². The molecule has 5 rings (SSSR count). The average molecular weight is 563 g/mol. The van der Waals surface area contributed by atoms with Gasteiger partial charge in [-0.1, -0.05) is 48.7 Å². The Morgan fingerprint density at radius 3 is 2.60 bits per heavy atom. The maximum atomic E-state index is 13.6. The number of amides is 2. The van der Waals surface area contributed by atoms with Gasteiger partial charge >= 0.3 is 0 Å². The molecule has 0 saturated carbocycles. The average Bonchev–Trinajstić information content (AvgIpc) is 3.12. The van der Waals surface area contributed by atoms with Crippen molar-refractivity contribution in [1.29, 1.82) is 0 Å². The molecular weight excluding hydrogens is 524 g/mol. The number of fused-ring (bicyclic) bond motifs is 2. The molecule has 0 bridgehead atoms. The quantitative estimate of drug-likeness (QED) is 0.189. The van der Waals surface area contributed by atoms with Crippen molar-refractivity contribution >= 4 is 34.5 Å². The summed E-state index contributed by atoms with van der Waals surface area (Å²) in [6.07, 6.45) is 5.52. The van der Waals surface area contributed by atoms with Crippen LogP contribution in [0.3, 0.4) is 0 Å². The van der Waals surface area contributed by atoms with E-state index in [-0.39, 0.29) is 18.6 Å². The lowest BCUT2D eigenvalue weighted by Crippen LogP contribution is -2.33. The van der Waals surface area contributed by atoms with E-state index in [9.17, 15) is 9.59 Å². The number of hydrogen-bond donors (Lipinski definition) is 4. The van der Waals surface area contributed by atoms with Gasteiger partial charge in [0.25, 0.3) is 11.8 Å². The summed E-state index contributed by atoms with van der Waals surface area (Å²) in [4.78, 5) is 27.9. The largest absolute Gasteiger partial charge is 0.394 e. The van der Waals surface area contributed by atoms with Crippen LogP contribution >= 0.6 is 0 Å². The van der Waals surface area contributed by atoms with Crippen molar-refractivity contribution in [1.82, 2.24) is 10.2 Å². The molecule has 1 heterocycles. The van der Waals surface area contributed by atoms with Gasteiger partial charge in [0, 0.05) is 34.8 Å². The number of aliphatic hydroxyl groups excluding tert-OH is 1. The lowest BCUT2D eigenvalue weighted by atomic mass is 9.91. The van der Waals surface area contributed by atoms with Gasteiger partial charge in [-0.05, 0) is 87.7 Å². The fraction of sp³-hybridized carbons (Fsp3) is 0.314. The fourth-order valence-corrected chi connectivity index (χ4v) is 5.59. The molecule has 1 atom stereocenters. The van der Waals surface area contributed by atoms with Gasteiger partial charge in [-0.3, -0.25) is 9.59 Å². The normalized spacial score (nSPS) is 15.9. The number of benzene rings is 3. The summed E-state index contributed by atoms with van der Waals surface area (Å²) in [5, 5.41) is 18.4. The number of carbonyl (C=O) groups excluding carboxylic acids is 2. The van der Waals surface area contributed by atoms with Gasteiger partial charge in [-0.25, -0.2) is 0 Å². The Bertz CT molecular complexity index is 1580. The summed E-state index contributed by atoms with van der Waals surface area (Å²) in [5.41, 5.74) is 9.30. The van der Waals surface area contributed by atoms with E-state index in [1.54, 1.807) is 13.0 Å². The van der Waals surface area contributed by atoms with Gasteiger partial charge in [-0.2, -0.15) is 0 Å². The number of aryl methyl sites for hydroxylation is 1. The molecule has 0 aromatic heterocycles. The van der Waals surface area contributed by atoms with Crippen LogP contribution in [0.1, 0.15) is 59.6 Å². The molecule has 1 aliphatic carbocycles. The van der Waals surface area contributed by atoms with Crippen LogP contribution in [-0.2, 0) is 29.0 Å². The zero-order chi connectivity index (χ0) is 29.6. The zero-order valence-corrected chi connectivity index (χ0v) is 24.5. The molecule has 0 radical (unpaired) electrons. The van der Waals surface area contributed by atoms with Crippen LogP contribution in [0.2, 0.25) is 0 Å². The fourth-order valence-electron chi connectivity index (χ4n) is 5.59. The number of aliphatic hydroxyl groups is 1. The Morgan fingerprint density at radius 1 is 1.05 bits per heavy atom. The Morgan fingerprint density at radius 2 is 1.83 bits per heavy atom. The van der Waals surface area contributed by atoms with Crippen LogP contribution in [-0.4, -0.2) is 48.6 Å². The van der Waals surface area contributed by atoms with Gasteiger partial charge in [0.2, 0.25) is 0 Å². The highest BCUT2D eigenvalue weighted by Crippen LogP contribution is 2.40. The van der Waals surface area contributed by atoms with Crippen LogP contribution in [0.5, 0.6) is 0 Å². The summed E-state index contributed by atoms with van der Waals surface area (Å²) in [6.45, 7) is 2.39. The number of carbonyl (C=O) groups is 2. The van der Waals surface area contributed by atoms with Crippen molar-refractivity contribution in [2.24, 2.45) is 0 Å². The molecule has 1 aliphatic heterocycles. The molecular formula is C35H38N4O3. The van der Waals surface area contributed by atoms with E-state index in [0.29, 0.717) is 16.8 Å². The first kappa shape index (κ1) is 29.1. The molecule has 0 saturated heterocycles. The number of rotatable bonds is 7. The summed E-state index contributed by atoms with van der Waals surface area (Å²) < 4.78 is 0. The van der Waals surface area contributed by atoms with Crippen molar-refractivity contribution in [3.05, 3.63) is 94.0 Å². The van der Waals surface area contributed by atoms with Crippen LogP contribution < -0.4 is 16.0 Å². The van der Waals surface area contributed by atoms with Crippen LogP contribution in [0, 0.1) is 11.8 Å². The first-order valence-corrected chi connectivity index (χ1v) is 14.6. The first-order chi connectivity index (χ1) is 20.3. The second-order valence-electron chi connectivity index (χ2n) is 11.3. The summed E-state index contributed by atoms with van der Waals surface area (Å²) in [7, 11) is 4.10. The molecule has 0 spiro atoms. The van der Waals surface area contributed by atoms with E-state index >= 15 is 0 Å². The summed E-state index contributed by atoms with van der Waals surface area (Å²) in [6, 6.07) is 19.9. The van der Waals surface area contributed by atoms with Crippen LogP contribution in [0.25, 0.3) is 11.3 Å². The minimum atomic E-state index is -0.463. The van der Waals surface area contributed by atoms with Crippen molar-refractivity contribution in [3.8, 4) is 11.8 Å². The Labute approximate surface area is 248 Å². The van der Waals surface area contributed by atoms with Crippen molar-refractivity contribution in [3.63, 3.8) is 0 Å². The molecule has 2 aliphatic rings. The van der Waals surface area contributed by atoms with Gasteiger partial charge < -0.3 is 26.0 Å².